The summed E-state index contributed by atoms with van der Waals surface area (Å²) in [5.41, 5.74) is -1.23. The number of para-hydroxylation sites is 1. The molecule has 2 aromatic carbocycles. The molecule has 1 aliphatic heterocycles. The van der Waals surface area contributed by atoms with Crippen LogP contribution in [-0.4, -0.2) is 57.2 Å². The van der Waals surface area contributed by atoms with Crippen LogP contribution < -0.4 is 15.6 Å². The number of rotatable bonds is 9. The van der Waals surface area contributed by atoms with Gasteiger partial charge in [0.05, 0.1) is 23.4 Å². The zero-order chi connectivity index (χ0) is 25.5. The minimum absolute atomic E-state index is 0.137. The standard InChI is InChI=1S/C25H25ClN4O5S/c26-17-9-4-5-11-19(17)36-15-20(31)30-13-6-10-18(30)23-28-21(22(32)25(34)29-23)24(33)27-12-14-35-16-7-2-1-3-8-16/h1-5,7-9,11,18,32H,6,10,12-15H2,(H,27,33)(H,28,29,34)/t18-/m0/s1. The predicted octanol–water partition coefficient (Wildman–Crippen LogP) is 3.39. The van der Waals surface area contributed by atoms with Crippen LogP contribution in [0, 0.1) is 0 Å². The van der Waals surface area contributed by atoms with Crippen molar-refractivity contribution in [2.75, 3.05) is 25.4 Å². The number of aromatic hydroxyl groups is 1. The molecule has 3 aromatic rings. The van der Waals surface area contributed by atoms with Gasteiger partial charge in [-0.05, 0) is 37.1 Å². The minimum Gasteiger partial charge on any atom is -0.501 e. The molecule has 0 bridgehead atoms. The third kappa shape index (κ3) is 6.19. The SMILES string of the molecule is O=C(NCCOc1ccccc1)c1nc([C@@H]2CCCN2C(=O)CSc2ccccc2Cl)[nH]c(=O)c1O. The summed E-state index contributed by atoms with van der Waals surface area (Å²) in [5, 5.41) is 13.4. The van der Waals surface area contributed by atoms with Crippen molar-refractivity contribution in [3.05, 3.63) is 81.5 Å². The van der Waals surface area contributed by atoms with Crippen molar-refractivity contribution < 1.29 is 19.4 Å². The van der Waals surface area contributed by atoms with Crippen molar-refractivity contribution in [1.29, 1.82) is 0 Å². The molecule has 0 unspecified atom stereocenters. The molecule has 9 nitrogen and oxygen atoms in total. The van der Waals surface area contributed by atoms with Crippen molar-refractivity contribution in [2.45, 2.75) is 23.8 Å². The Bertz CT molecular complexity index is 1290. The van der Waals surface area contributed by atoms with Gasteiger partial charge in [-0.3, -0.25) is 14.4 Å². The maximum atomic E-state index is 13.0. The lowest BCUT2D eigenvalue weighted by molar-refractivity contribution is -0.129. The number of hydrogen-bond donors (Lipinski definition) is 3. The largest absolute Gasteiger partial charge is 0.501 e. The number of aromatic nitrogens is 2. The smallest absolute Gasteiger partial charge is 0.294 e. The average molecular weight is 529 g/mol. The molecular weight excluding hydrogens is 504 g/mol. The summed E-state index contributed by atoms with van der Waals surface area (Å²) in [6, 6.07) is 15.9. The van der Waals surface area contributed by atoms with Gasteiger partial charge in [0.15, 0.2) is 5.69 Å². The van der Waals surface area contributed by atoms with E-state index in [1.54, 1.807) is 23.1 Å². The van der Waals surface area contributed by atoms with E-state index in [-0.39, 0.29) is 30.6 Å². The Balaban J connectivity index is 1.41. The molecule has 2 heterocycles. The fourth-order valence-electron chi connectivity index (χ4n) is 3.87. The molecule has 0 spiro atoms. The molecule has 36 heavy (non-hydrogen) atoms. The summed E-state index contributed by atoms with van der Waals surface area (Å²) in [5.74, 6) is -0.631. The van der Waals surface area contributed by atoms with E-state index in [4.69, 9.17) is 16.3 Å². The number of H-pyrrole nitrogens is 1. The Hall–Kier alpha value is -3.50. The second-order valence-electron chi connectivity index (χ2n) is 8.03. The number of aromatic amines is 1. The molecule has 1 aromatic heterocycles. The third-order valence-electron chi connectivity index (χ3n) is 5.60. The molecular formula is C25H25ClN4O5S. The van der Waals surface area contributed by atoms with E-state index < -0.39 is 29.0 Å². The van der Waals surface area contributed by atoms with Crippen LogP contribution in [0.25, 0.3) is 0 Å². The van der Waals surface area contributed by atoms with E-state index >= 15 is 0 Å². The second kappa shape index (κ2) is 12.0. The van der Waals surface area contributed by atoms with Crippen LogP contribution in [0.5, 0.6) is 11.5 Å². The number of likely N-dealkylation sites (tertiary alicyclic amines) is 1. The number of benzene rings is 2. The fourth-order valence-corrected chi connectivity index (χ4v) is 4.99. The number of carbonyl (C=O) groups is 2. The fraction of sp³-hybridized carbons (Fsp3) is 0.280. The third-order valence-corrected chi connectivity index (χ3v) is 7.10. The molecule has 0 saturated carbocycles. The molecule has 0 radical (unpaired) electrons. The van der Waals surface area contributed by atoms with Gasteiger partial charge in [-0.2, -0.15) is 0 Å². The second-order valence-corrected chi connectivity index (χ2v) is 9.45. The molecule has 1 aliphatic rings. The monoisotopic (exact) mass is 528 g/mol. The van der Waals surface area contributed by atoms with Crippen LogP contribution in [0.3, 0.4) is 0 Å². The molecule has 11 heteroatoms. The van der Waals surface area contributed by atoms with Gasteiger partial charge in [0.25, 0.3) is 11.5 Å². The average Bonchev–Trinajstić information content (AvgIpc) is 3.38. The number of ether oxygens (including phenoxy) is 1. The van der Waals surface area contributed by atoms with Crippen molar-refractivity contribution in [3.63, 3.8) is 0 Å². The van der Waals surface area contributed by atoms with E-state index in [1.807, 2.05) is 36.4 Å². The van der Waals surface area contributed by atoms with Crippen LogP contribution in [0.4, 0.5) is 0 Å². The Morgan fingerprint density at radius 1 is 1.19 bits per heavy atom. The van der Waals surface area contributed by atoms with Gasteiger partial charge in [-0.1, -0.05) is 41.9 Å². The van der Waals surface area contributed by atoms with Crippen molar-refractivity contribution in [1.82, 2.24) is 20.2 Å². The van der Waals surface area contributed by atoms with Crippen LogP contribution in [0.2, 0.25) is 5.02 Å². The predicted molar refractivity (Wildman–Crippen MR) is 137 cm³/mol. The maximum Gasteiger partial charge on any atom is 0.294 e. The quantitative estimate of drug-likeness (QED) is 0.287. The molecule has 0 aliphatic carbocycles. The Morgan fingerprint density at radius 3 is 2.72 bits per heavy atom. The zero-order valence-corrected chi connectivity index (χ0v) is 20.8. The van der Waals surface area contributed by atoms with Crippen LogP contribution in [0.1, 0.15) is 35.2 Å². The lowest BCUT2D eigenvalue weighted by Gasteiger charge is -2.24. The minimum atomic E-state index is -0.838. The van der Waals surface area contributed by atoms with Crippen molar-refractivity contribution in [3.8, 4) is 11.5 Å². The highest BCUT2D eigenvalue weighted by molar-refractivity contribution is 8.00. The summed E-state index contributed by atoms with van der Waals surface area (Å²) in [6.45, 7) is 0.834. The number of thioether (sulfide) groups is 1. The molecule has 1 fully saturated rings. The van der Waals surface area contributed by atoms with Crippen molar-refractivity contribution in [2.24, 2.45) is 0 Å². The Morgan fingerprint density at radius 2 is 1.94 bits per heavy atom. The van der Waals surface area contributed by atoms with E-state index in [2.05, 4.69) is 15.3 Å². The van der Waals surface area contributed by atoms with E-state index in [0.29, 0.717) is 23.7 Å². The van der Waals surface area contributed by atoms with Crippen LogP contribution in [-0.2, 0) is 4.79 Å². The Labute approximate surface area is 216 Å². The van der Waals surface area contributed by atoms with Gasteiger partial charge in [0.1, 0.15) is 18.2 Å². The first-order chi connectivity index (χ1) is 17.4. The lowest BCUT2D eigenvalue weighted by Crippen LogP contribution is -2.35. The maximum absolute atomic E-state index is 13.0. The zero-order valence-electron chi connectivity index (χ0n) is 19.3. The van der Waals surface area contributed by atoms with Crippen molar-refractivity contribution >= 4 is 35.2 Å². The Kier molecular flexibility index (Phi) is 8.50. The van der Waals surface area contributed by atoms with E-state index in [0.717, 1.165) is 11.3 Å². The number of amides is 2. The summed E-state index contributed by atoms with van der Waals surface area (Å²) >= 11 is 7.51. The summed E-state index contributed by atoms with van der Waals surface area (Å²) < 4.78 is 5.53. The van der Waals surface area contributed by atoms with Crippen LogP contribution >= 0.6 is 23.4 Å². The van der Waals surface area contributed by atoms with E-state index in [1.165, 1.54) is 11.8 Å². The van der Waals surface area contributed by atoms with Gasteiger partial charge in [-0.25, -0.2) is 4.98 Å². The first-order valence-corrected chi connectivity index (χ1v) is 12.8. The highest BCUT2D eigenvalue weighted by Crippen LogP contribution is 2.32. The molecule has 3 N–H and O–H groups in total. The first-order valence-electron chi connectivity index (χ1n) is 11.4. The number of carbonyl (C=O) groups excluding carboxylic acids is 2. The van der Waals surface area contributed by atoms with Gasteiger partial charge in [-0.15, -0.1) is 11.8 Å². The molecule has 1 atom stereocenters. The number of nitrogens with zero attached hydrogens (tertiary/aromatic N) is 2. The number of halogens is 1. The van der Waals surface area contributed by atoms with Crippen LogP contribution in [0.15, 0.2) is 64.3 Å². The van der Waals surface area contributed by atoms with E-state index in [9.17, 15) is 19.5 Å². The number of hydrogen-bond acceptors (Lipinski definition) is 7. The highest BCUT2D eigenvalue weighted by atomic mass is 35.5. The van der Waals surface area contributed by atoms with Gasteiger partial charge in [0, 0.05) is 11.4 Å². The number of nitrogens with one attached hydrogen (secondary N) is 2. The van der Waals surface area contributed by atoms with Gasteiger partial charge < -0.3 is 25.0 Å². The lowest BCUT2D eigenvalue weighted by atomic mass is 10.2. The molecule has 188 valence electrons. The van der Waals surface area contributed by atoms with Gasteiger partial charge >= 0.3 is 0 Å². The molecule has 2 amide bonds. The molecule has 4 rings (SSSR count). The highest BCUT2D eigenvalue weighted by Gasteiger charge is 2.33. The summed E-state index contributed by atoms with van der Waals surface area (Å²) in [4.78, 5) is 47.2. The van der Waals surface area contributed by atoms with Gasteiger partial charge in [0.2, 0.25) is 11.7 Å². The summed E-state index contributed by atoms with van der Waals surface area (Å²) in [6.07, 6.45) is 1.29. The topological polar surface area (TPSA) is 125 Å². The summed E-state index contributed by atoms with van der Waals surface area (Å²) in [7, 11) is 0. The first kappa shape index (κ1) is 25.6. The normalized spacial score (nSPS) is 15.0. The molecule has 1 saturated heterocycles.